The fourth-order valence-corrected chi connectivity index (χ4v) is 3.14. The maximum Gasteiger partial charge on any atom is 0.407 e. The Kier molecular flexibility index (Phi) is 6.77. The maximum absolute atomic E-state index is 12.5. The Morgan fingerprint density at radius 3 is 2.36 bits per heavy atom. The number of alkyl carbamates (subject to hydrolysis) is 1. The largest absolute Gasteiger partial charge is 0.469 e. The Morgan fingerprint density at radius 2 is 1.82 bits per heavy atom. The van der Waals surface area contributed by atoms with Crippen LogP contribution in [-0.4, -0.2) is 49.2 Å². The molecular formula is C20H25NO7. The number of nitrogens with one attached hydrogen (secondary N) is 1. The van der Waals surface area contributed by atoms with Crippen molar-refractivity contribution in [1.82, 2.24) is 5.32 Å². The van der Waals surface area contributed by atoms with Crippen LogP contribution in [0.4, 0.5) is 4.79 Å². The SMILES string of the molecule is COC(=O)[C@@H]1[C@@H](NC(=O)OC(C)(C)C)[C@H]1[C@H](CC(=O)c1ccccc1)OC=O. The summed E-state index contributed by atoms with van der Waals surface area (Å²) in [7, 11) is 1.23. The first-order chi connectivity index (χ1) is 13.2. The Balaban J connectivity index is 2.13. The number of benzene rings is 1. The molecule has 0 unspecified atom stereocenters. The van der Waals surface area contributed by atoms with Crippen molar-refractivity contribution >= 4 is 24.3 Å². The lowest BCUT2D eigenvalue weighted by molar-refractivity contribution is -0.144. The zero-order chi connectivity index (χ0) is 20.9. The molecule has 152 valence electrons. The smallest absolute Gasteiger partial charge is 0.407 e. The van der Waals surface area contributed by atoms with E-state index in [1.54, 1.807) is 51.1 Å². The van der Waals surface area contributed by atoms with Crippen LogP contribution in [0.3, 0.4) is 0 Å². The molecule has 1 N–H and O–H groups in total. The number of Topliss-reactive ketones (excluding diaryl/α,β-unsaturated/α-hetero) is 1. The van der Waals surface area contributed by atoms with E-state index in [-0.39, 0.29) is 18.7 Å². The fourth-order valence-electron chi connectivity index (χ4n) is 3.14. The fraction of sp³-hybridized carbons (Fsp3) is 0.500. The van der Waals surface area contributed by atoms with Gasteiger partial charge in [0.2, 0.25) is 0 Å². The van der Waals surface area contributed by atoms with Gasteiger partial charge in [0.15, 0.2) is 5.78 Å². The Hall–Kier alpha value is -2.90. The standard InChI is InChI=1S/C20H25NO7/c1-20(2,3)28-19(25)21-17-15(16(17)18(24)26-4)14(27-11-22)10-13(23)12-8-6-5-7-9-12/h5-9,11,14-17H,10H2,1-4H3,(H,21,25)/t14-,15-,16-,17-/m0/s1. The molecule has 0 radical (unpaired) electrons. The van der Waals surface area contributed by atoms with Gasteiger partial charge in [0.1, 0.15) is 11.7 Å². The van der Waals surface area contributed by atoms with Crippen molar-refractivity contribution in [2.75, 3.05) is 7.11 Å². The molecule has 0 bridgehead atoms. The summed E-state index contributed by atoms with van der Waals surface area (Å²) >= 11 is 0. The van der Waals surface area contributed by atoms with E-state index >= 15 is 0 Å². The third-order valence-corrected chi connectivity index (χ3v) is 4.37. The average molecular weight is 391 g/mol. The topological polar surface area (TPSA) is 108 Å². The third-order valence-electron chi connectivity index (χ3n) is 4.37. The zero-order valence-electron chi connectivity index (χ0n) is 16.3. The molecule has 1 aliphatic rings. The molecule has 0 spiro atoms. The van der Waals surface area contributed by atoms with E-state index < -0.39 is 41.6 Å². The van der Waals surface area contributed by atoms with Crippen molar-refractivity contribution in [1.29, 1.82) is 0 Å². The average Bonchev–Trinajstić information content (AvgIpc) is 3.33. The lowest BCUT2D eigenvalue weighted by Gasteiger charge is -2.20. The van der Waals surface area contributed by atoms with Gasteiger partial charge in [-0.15, -0.1) is 0 Å². The number of ether oxygens (including phenoxy) is 3. The van der Waals surface area contributed by atoms with Crippen LogP contribution in [0.25, 0.3) is 0 Å². The van der Waals surface area contributed by atoms with Gasteiger partial charge in [-0.1, -0.05) is 30.3 Å². The molecule has 4 atom stereocenters. The molecule has 8 heteroatoms. The first kappa shape index (κ1) is 21.4. The van der Waals surface area contributed by atoms with E-state index in [1.807, 2.05) is 0 Å². The minimum absolute atomic E-state index is 0.118. The van der Waals surface area contributed by atoms with E-state index in [9.17, 15) is 19.2 Å². The number of carbonyl (C=O) groups is 4. The molecule has 2 rings (SSSR count). The molecule has 28 heavy (non-hydrogen) atoms. The molecule has 0 saturated heterocycles. The van der Waals surface area contributed by atoms with Gasteiger partial charge in [-0.25, -0.2) is 4.79 Å². The lowest BCUT2D eigenvalue weighted by Crippen LogP contribution is -2.36. The minimum Gasteiger partial charge on any atom is -0.469 e. The number of hydrogen-bond acceptors (Lipinski definition) is 7. The predicted octanol–water partition coefficient (Wildman–Crippen LogP) is 2.11. The van der Waals surface area contributed by atoms with Crippen LogP contribution in [0.15, 0.2) is 30.3 Å². The van der Waals surface area contributed by atoms with E-state index in [0.29, 0.717) is 5.56 Å². The summed E-state index contributed by atoms with van der Waals surface area (Å²) < 4.78 is 15.1. The number of rotatable bonds is 8. The Bertz CT molecular complexity index is 726. The van der Waals surface area contributed by atoms with Crippen LogP contribution < -0.4 is 5.32 Å². The molecule has 1 aromatic carbocycles. The van der Waals surface area contributed by atoms with Gasteiger partial charge in [0.05, 0.1) is 19.1 Å². The summed E-state index contributed by atoms with van der Waals surface area (Å²) in [4.78, 5) is 47.6. The second-order valence-electron chi connectivity index (χ2n) is 7.56. The summed E-state index contributed by atoms with van der Waals surface area (Å²) in [5, 5.41) is 2.61. The summed E-state index contributed by atoms with van der Waals surface area (Å²) in [6.45, 7) is 5.38. The first-order valence-electron chi connectivity index (χ1n) is 8.92. The van der Waals surface area contributed by atoms with E-state index in [0.717, 1.165) is 0 Å². The van der Waals surface area contributed by atoms with Crippen molar-refractivity contribution < 1.29 is 33.4 Å². The van der Waals surface area contributed by atoms with E-state index in [1.165, 1.54) is 7.11 Å². The van der Waals surface area contributed by atoms with Gasteiger partial charge >= 0.3 is 12.1 Å². The molecule has 1 aliphatic carbocycles. The number of amides is 1. The van der Waals surface area contributed by atoms with Crippen molar-refractivity contribution in [3.8, 4) is 0 Å². The van der Waals surface area contributed by atoms with Gasteiger partial charge in [-0.05, 0) is 20.8 Å². The monoisotopic (exact) mass is 391 g/mol. The highest BCUT2D eigenvalue weighted by atomic mass is 16.6. The van der Waals surface area contributed by atoms with Crippen LogP contribution in [-0.2, 0) is 23.8 Å². The van der Waals surface area contributed by atoms with Crippen LogP contribution >= 0.6 is 0 Å². The van der Waals surface area contributed by atoms with Gasteiger partial charge < -0.3 is 19.5 Å². The van der Waals surface area contributed by atoms with Crippen molar-refractivity contribution in [2.24, 2.45) is 11.8 Å². The number of ketones is 1. The van der Waals surface area contributed by atoms with Crippen LogP contribution in [0, 0.1) is 11.8 Å². The number of carbonyl (C=O) groups excluding carboxylic acids is 4. The molecule has 0 heterocycles. The second kappa shape index (κ2) is 8.86. The van der Waals surface area contributed by atoms with Gasteiger partial charge in [0.25, 0.3) is 6.47 Å². The van der Waals surface area contributed by atoms with E-state index in [4.69, 9.17) is 14.2 Å². The van der Waals surface area contributed by atoms with Gasteiger partial charge in [-0.2, -0.15) is 0 Å². The molecule has 1 saturated carbocycles. The summed E-state index contributed by atoms with van der Waals surface area (Å²) in [5.41, 5.74) is -0.245. The van der Waals surface area contributed by atoms with Crippen LogP contribution in [0.1, 0.15) is 37.6 Å². The molecular weight excluding hydrogens is 366 g/mol. The summed E-state index contributed by atoms with van der Waals surface area (Å²) in [5.74, 6) is -2.11. The van der Waals surface area contributed by atoms with E-state index in [2.05, 4.69) is 5.32 Å². The number of esters is 1. The van der Waals surface area contributed by atoms with Crippen molar-refractivity contribution in [3.63, 3.8) is 0 Å². The van der Waals surface area contributed by atoms with Crippen molar-refractivity contribution in [3.05, 3.63) is 35.9 Å². The zero-order valence-corrected chi connectivity index (χ0v) is 16.3. The highest BCUT2D eigenvalue weighted by Crippen LogP contribution is 2.45. The first-order valence-corrected chi connectivity index (χ1v) is 8.92. The number of hydrogen-bond donors (Lipinski definition) is 1. The summed E-state index contributed by atoms with van der Waals surface area (Å²) in [6, 6.07) is 7.89. The molecule has 1 aromatic rings. The van der Waals surface area contributed by atoms with Gasteiger partial charge in [-0.3, -0.25) is 14.4 Å². The molecule has 0 aromatic heterocycles. The molecule has 0 aliphatic heterocycles. The molecule has 8 nitrogen and oxygen atoms in total. The van der Waals surface area contributed by atoms with Gasteiger partial charge in [0, 0.05) is 17.9 Å². The quantitative estimate of drug-likeness (QED) is 0.313. The molecule has 1 fully saturated rings. The summed E-state index contributed by atoms with van der Waals surface area (Å²) in [6.07, 6.45) is -1.70. The highest BCUT2D eigenvalue weighted by Gasteiger charge is 2.61. The number of methoxy groups -OCH3 is 1. The second-order valence-corrected chi connectivity index (χ2v) is 7.56. The minimum atomic E-state index is -0.880. The lowest BCUT2D eigenvalue weighted by atomic mass is 10.0. The van der Waals surface area contributed by atoms with Crippen LogP contribution in [0.2, 0.25) is 0 Å². The predicted molar refractivity (Wildman–Crippen MR) is 98.5 cm³/mol. The highest BCUT2D eigenvalue weighted by molar-refractivity contribution is 5.96. The van der Waals surface area contributed by atoms with Crippen LogP contribution in [0.5, 0.6) is 0 Å². The Morgan fingerprint density at radius 1 is 1.18 bits per heavy atom. The maximum atomic E-state index is 12.5. The Labute approximate surface area is 163 Å². The van der Waals surface area contributed by atoms with Crippen molar-refractivity contribution in [2.45, 2.75) is 44.9 Å². The third kappa shape index (κ3) is 5.55. The normalized spacial score (nSPS) is 21.8. The molecule has 1 amide bonds.